The molecule has 0 saturated heterocycles. The summed E-state index contributed by atoms with van der Waals surface area (Å²) in [5, 5.41) is 12.8. The topological polar surface area (TPSA) is 94.2 Å². The van der Waals surface area contributed by atoms with Crippen LogP contribution in [0.2, 0.25) is 0 Å². The number of halogens is 1. The van der Waals surface area contributed by atoms with Crippen molar-refractivity contribution in [3.8, 4) is 5.69 Å². The number of carboxylic acids is 1. The Balaban J connectivity index is 2.25. The zero-order chi connectivity index (χ0) is 18.0. The van der Waals surface area contributed by atoms with Gasteiger partial charge in [-0.1, -0.05) is 36.4 Å². The highest BCUT2D eigenvalue weighted by molar-refractivity contribution is 5.84. The lowest BCUT2D eigenvalue weighted by atomic mass is 10.2. The van der Waals surface area contributed by atoms with Gasteiger partial charge in [-0.15, -0.1) is 0 Å². The molecule has 0 spiro atoms. The summed E-state index contributed by atoms with van der Waals surface area (Å²) in [6.07, 6.45) is 0. The van der Waals surface area contributed by atoms with Crippen molar-refractivity contribution in [2.75, 3.05) is 0 Å². The summed E-state index contributed by atoms with van der Waals surface area (Å²) in [7, 11) is 0. The number of nitrogens with zero attached hydrogens (tertiary/aromatic N) is 3. The zero-order valence-electron chi connectivity index (χ0n) is 12.8. The fourth-order valence-corrected chi connectivity index (χ4v) is 2.33. The highest BCUT2D eigenvalue weighted by Gasteiger charge is 2.19. The minimum absolute atomic E-state index is 0.0225. The molecule has 0 aliphatic rings. The van der Waals surface area contributed by atoms with Gasteiger partial charge in [0.1, 0.15) is 5.82 Å². The third-order valence-corrected chi connectivity index (χ3v) is 3.50. The normalized spacial score (nSPS) is 10.6. The largest absolute Gasteiger partial charge is 0.476 e. The molecule has 0 aliphatic heterocycles. The van der Waals surface area contributed by atoms with E-state index < -0.39 is 28.7 Å². The third-order valence-electron chi connectivity index (χ3n) is 3.50. The molecule has 1 heterocycles. The van der Waals surface area contributed by atoms with Gasteiger partial charge in [0, 0.05) is 0 Å². The van der Waals surface area contributed by atoms with Gasteiger partial charge in [0.05, 0.1) is 12.2 Å². The van der Waals surface area contributed by atoms with Gasteiger partial charge < -0.3 is 5.11 Å². The minimum atomic E-state index is -1.57. The van der Waals surface area contributed by atoms with E-state index in [0.717, 1.165) is 10.6 Å². The van der Waals surface area contributed by atoms with Gasteiger partial charge in [0.2, 0.25) is 5.69 Å². The second kappa shape index (κ2) is 6.52. The van der Waals surface area contributed by atoms with Crippen molar-refractivity contribution in [2.45, 2.75) is 6.54 Å². The lowest BCUT2D eigenvalue weighted by molar-refractivity contribution is 0.0684. The summed E-state index contributed by atoms with van der Waals surface area (Å²) in [4.78, 5) is 36.3. The predicted molar refractivity (Wildman–Crippen MR) is 86.6 cm³/mol. The molecule has 0 bridgehead atoms. The van der Waals surface area contributed by atoms with Crippen LogP contribution in [0.4, 0.5) is 4.39 Å². The van der Waals surface area contributed by atoms with Crippen molar-refractivity contribution in [3.05, 3.63) is 92.5 Å². The molecule has 7 nitrogen and oxygen atoms in total. The van der Waals surface area contributed by atoms with E-state index in [-0.39, 0.29) is 12.2 Å². The van der Waals surface area contributed by atoms with Crippen molar-refractivity contribution in [3.63, 3.8) is 0 Å². The first-order valence-electron chi connectivity index (χ1n) is 7.24. The molecular formula is C17H12FN3O4. The van der Waals surface area contributed by atoms with Crippen molar-refractivity contribution in [2.24, 2.45) is 0 Å². The lowest BCUT2D eigenvalue weighted by Crippen LogP contribution is -2.44. The predicted octanol–water partition coefficient (Wildman–Crippen LogP) is 1.28. The van der Waals surface area contributed by atoms with Crippen LogP contribution in [0.1, 0.15) is 16.1 Å². The molecule has 1 aromatic heterocycles. The average molecular weight is 341 g/mol. The Morgan fingerprint density at radius 3 is 2.44 bits per heavy atom. The van der Waals surface area contributed by atoms with Crippen molar-refractivity contribution >= 4 is 5.97 Å². The van der Waals surface area contributed by atoms with E-state index in [2.05, 4.69) is 5.10 Å². The molecule has 126 valence electrons. The second-order valence-corrected chi connectivity index (χ2v) is 5.20. The van der Waals surface area contributed by atoms with Crippen molar-refractivity contribution in [1.82, 2.24) is 14.3 Å². The molecule has 0 atom stereocenters. The highest BCUT2D eigenvalue weighted by Crippen LogP contribution is 2.06. The Morgan fingerprint density at radius 2 is 1.80 bits per heavy atom. The maximum atomic E-state index is 13.4. The summed E-state index contributed by atoms with van der Waals surface area (Å²) in [5.74, 6) is -2.19. The highest BCUT2D eigenvalue weighted by atomic mass is 19.1. The van der Waals surface area contributed by atoms with Crippen molar-refractivity contribution in [1.29, 1.82) is 0 Å². The lowest BCUT2D eigenvalue weighted by Gasteiger charge is -2.11. The Bertz CT molecular complexity index is 1060. The monoisotopic (exact) mass is 341 g/mol. The summed E-state index contributed by atoms with van der Waals surface area (Å²) in [6.45, 7) is -0.128. The molecule has 2 aromatic carbocycles. The van der Waals surface area contributed by atoms with Crippen LogP contribution in [0, 0.1) is 5.82 Å². The first kappa shape index (κ1) is 16.3. The molecule has 25 heavy (non-hydrogen) atoms. The van der Waals surface area contributed by atoms with E-state index in [4.69, 9.17) is 0 Å². The molecule has 0 radical (unpaired) electrons. The number of rotatable bonds is 4. The number of hydrogen-bond acceptors (Lipinski definition) is 4. The number of hydrogen-bond donors (Lipinski definition) is 1. The van der Waals surface area contributed by atoms with E-state index in [1.54, 1.807) is 30.3 Å². The molecule has 3 rings (SSSR count). The van der Waals surface area contributed by atoms with Gasteiger partial charge in [-0.05, 0) is 23.8 Å². The standard InChI is InChI=1S/C17H12FN3O4/c18-12-7-4-8-13(9-12)21-17(25)20(10-11-5-2-1-3-6-11)15(22)14(19-21)16(23)24/h1-9H,10H2,(H,23,24). The molecule has 1 N–H and O–H groups in total. The Morgan fingerprint density at radius 1 is 1.08 bits per heavy atom. The maximum Gasteiger partial charge on any atom is 0.362 e. The van der Waals surface area contributed by atoms with Crippen LogP contribution < -0.4 is 11.2 Å². The zero-order valence-corrected chi connectivity index (χ0v) is 12.8. The molecule has 8 heteroatoms. The SMILES string of the molecule is O=C(O)c1nn(-c2cccc(F)c2)c(=O)n(Cc2ccccc2)c1=O. The van der Waals surface area contributed by atoms with Gasteiger partial charge in [-0.3, -0.25) is 9.36 Å². The van der Waals surface area contributed by atoms with Crippen LogP contribution in [0.5, 0.6) is 0 Å². The van der Waals surface area contributed by atoms with Crippen LogP contribution in [-0.2, 0) is 6.54 Å². The van der Waals surface area contributed by atoms with E-state index in [9.17, 15) is 23.9 Å². The molecule has 0 fully saturated rings. The quantitative estimate of drug-likeness (QED) is 0.771. The summed E-state index contributed by atoms with van der Waals surface area (Å²) in [6, 6.07) is 13.6. The minimum Gasteiger partial charge on any atom is -0.476 e. The average Bonchev–Trinajstić information content (AvgIpc) is 2.59. The Hall–Kier alpha value is -3.55. The number of aromatic nitrogens is 3. The first-order chi connectivity index (χ1) is 12.0. The molecule has 0 aliphatic carbocycles. The van der Waals surface area contributed by atoms with Crippen molar-refractivity contribution < 1.29 is 14.3 Å². The van der Waals surface area contributed by atoms with E-state index in [1.165, 1.54) is 18.2 Å². The van der Waals surface area contributed by atoms with Crippen LogP contribution in [-0.4, -0.2) is 25.4 Å². The van der Waals surface area contributed by atoms with Gasteiger partial charge in [0.25, 0.3) is 5.56 Å². The smallest absolute Gasteiger partial charge is 0.362 e. The summed E-state index contributed by atoms with van der Waals surface area (Å²) < 4.78 is 14.9. The maximum absolute atomic E-state index is 13.4. The fourth-order valence-electron chi connectivity index (χ4n) is 2.33. The van der Waals surface area contributed by atoms with Crippen LogP contribution >= 0.6 is 0 Å². The Kier molecular flexibility index (Phi) is 4.25. The van der Waals surface area contributed by atoms with Crippen LogP contribution in [0.25, 0.3) is 5.69 Å². The number of aromatic carboxylic acids is 1. The fraction of sp³-hybridized carbons (Fsp3) is 0.0588. The summed E-state index contributed by atoms with van der Waals surface area (Å²) in [5.41, 5.74) is -2.04. The molecular weight excluding hydrogens is 329 g/mol. The molecule has 0 saturated carbocycles. The third kappa shape index (κ3) is 3.23. The van der Waals surface area contributed by atoms with Crippen LogP contribution in [0.15, 0.2) is 64.2 Å². The molecule has 3 aromatic rings. The first-order valence-corrected chi connectivity index (χ1v) is 7.24. The molecule has 0 unspecified atom stereocenters. The van der Waals surface area contributed by atoms with Gasteiger partial charge in [-0.25, -0.2) is 14.0 Å². The molecule has 0 amide bonds. The Labute approximate surface area is 140 Å². The second-order valence-electron chi connectivity index (χ2n) is 5.20. The van der Waals surface area contributed by atoms with Gasteiger partial charge in [0.15, 0.2) is 0 Å². The van der Waals surface area contributed by atoms with E-state index >= 15 is 0 Å². The van der Waals surface area contributed by atoms with Crippen LogP contribution in [0.3, 0.4) is 0 Å². The van der Waals surface area contributed by atoms with Gasteiger partial charge in [-0.2, -0.15) is 9.78 Å². The summed E-state index contributed by atoms with van der Waals surface area (Å²) >= 11 is 0. The van der Waals surface area contributed by atoms with Gasteiger partial charge >= 0.3 is 11.7 Å². The number of carbonyl (C=O) groups is 1. The number of carboxylic acid groups (broad SMARTS) is 1. The van der Waals surface area contributed by atoms with E-state index in [1.807, 2.05) is 0 Å². The number of benzene rings is 2. The van der Waals surface area contributed by atoms with E-state index in [0.29, 0.717) is 10.2 Å².